The van der Waals surface area contributed by atoms with Gasteiger partial charge in [0.1, 0.15) is 11.5 Å². The maximum absolute atomic E-state index is 12.8. The predicted octanol–water partition coefficient (Wildman–Crippen LogP) is 2.98. The third-order valence-corrected chi connectivity index (χ3v) is 2.47. The van der Waals surface area contributed by atoms with E-state index in [1.54, 1.807) is 12.1 Å². The molecule has 0 unspecified atom stereocenters. The Balaban J connectivity index is 2.15. The van der Waals surface area contributed by atoms with Gasteiger partial charge in [0.2, 0.25) is 0 Å². The van der Waals surface area contributed by atoms with Gasteiger partial charge in [0.25, 0.3) is 0 Å². The second-order valence-corrected chi connectivity index (χ2v) is 3.81. The topological polar surface area (TPSA) is 38.1 Å². The molecule has 4 heteroatoms. The van der Waals surface area contributed by atoms with Crippen LogP contribution >= 0.6 is 0 Å². The lowest BCUT2D eigenvalue weighted by Crippen LogP contribution is -2.14. The SMILES string of the molecule is CCCNCc1ncoc1-c1ccc(F)cc1. The molecule has 1 heterocycles. The van der Waals surface area contributed by atoms with Crippen LogP contribution in [0.5, 0.6) is 0 Å². The van der Waals surface area contributed by atoms with E-state index >= 15 is 0 Å². The Bertz CT molecular complexity index is 465. The van der Waals surface area contributed by atoms with E-state index in [2.05, 4.69) is 17.2 Å². The lowest BCUT2D eigenvalue weighted by atomic mass is 10.1. The highest BCUT2D eigenvalue weighted by Crippen LogP contribution is 2.23. The van der Waals surface area contributed by atoms with E-state index in [-0.39, 0.29) is 5.82 Å². The van der Waals surface area contributed by atoms with Crippen LogP contribution in [0.25, 0.3) is 11.3 Å². The summed E-state index contributed by atoms with van der Waals surface area (Å²) in [5, 5.41) is 3.26. The molecule has 1 N–H and O–H groups in total. The molecule has 0 aliphatic carbocycles. The summed E-state index contributed by atoms with van der Waals surface area (Å²) in [6.07, 6.45) is 2.49. The fourth-order valence-electron chi connectivity index (χ4n) is 1.61. The molecular formula is C13H15FN2O. The van der Waals surface area contributed by atoms with Crippen molar-refractivity contribution < 1.29 is 8.81 Å². The molecule has 0 saturated heterocycles. The van der Waals surface area contributed by atoms with E-state index in [4.69, 9.17) is 4.42 Å². The smallest absolute Gasteiger partial charge is 0.181 e. The highest BCUT2D eigenvalue weighted by Gasteiger charge is 2.10. The van der Waals surface area contributed by atoms with Crippen LogP contribution in [-0.4, -0.2) is 11.5 Å². The van der Waals surface area contributed by atoms with Crippen LogP contribution < -0.4 is 5.32 Å². The highest BCUT2D eigenvalue weighted by atomic mass is 19.1. The Kier molecular flexibility index (Phi) is 3.88. The highest BCUT2D eigenvalue weighted by molar-refractivity contribution is 5.59. The van der Waals surface area contributed by atoms with Gasteiger partial charge in [-0.3, -0.25) is 0 Å². The number of halogens is 1. The fourth-order valence-corrected chi connectivity index (χ4v) is 1.61. The van der Waals surface area contributed by atoms with E-state index in [9.17, 15) is 4.39 Å². The largest absolute Gasteiger partial charge is 0.443 e. The number of nitrogens with zero attached hydrogens (tertiary/aromatic N) is 1. The van der Waals surface area contributed by atoms with Crippen molar-refractivity contribution in [2.75, 3.05) is 6.54 Å². The maximum Gasteiger partial charge on any atom is 0.181 e. The first-order chi connectivity index (χ1) is 8.31. The molecule has 0 spiro atoms. The molecule has 90 valence electrons. The van der Waals surface area contributed by atoms with Gasteiger partial charge in [-0.2, -0.15) is 0 Å². The van der Waals surface area contributed by atoms with Crippen LogP contribution in [0.1, 0.15) is 19.0 Å². The van der Waals surface area contributed by atoms with Crippen molar-refractivity contribution in [3.63, 3.8) is 0 Å². The number of aromatic nitrogens is 1. The summed E-state index contributed by atoms with van der Waals surface area (Å²) >= 11 is 0. The summed E-state index contributed by atoms with van der Waals surface area (Å²) in [7, 11) is 0. The Morgan fingerprint density at radius 1 is 1.29 bits per heavy atom. The molecule has 0 bridgehead atoms. The van der Waals surface area contributed by atoms with Crippen LogP contribution in [0, 0.1) is 5.82 Å². The third-order valence-electron chi connectivity index (χ3n) is 2.47. The van der Waals surface area contributed by atoms with Crippen LogP contribution in [0.4, 0.5) is 4.39 Å². The summed E-state index contributed by atoms with van der Waals surface area (Å²) in [4.78, 5) is 4.16. The molecule has 1 aromatic heterocycles. The molecule has 0 atom stereocenters. The molecule has 0 saturated carbocycles. The molecule has 0 aliphatic heterocycles. The quantitative estimate of drug-likeness (QED) is 0.808. The normalized spacial score (nSPS) is 10.7. The van der Waals surface area contributed by atoms with Crippen LogP contribution in [-0.2, 0) is 6.54 Å². The van der Waals surface area contributed by atoms with Crippen LogP contribution in [0.15, 0.2) is 35.1 Å². The lowest BCUT2D eigenvalue weighted by molar-refractivity contribution is 0.569. The molecule has 0 fully saturated rings. The molecule has 0 aliphatic rings. The maximum atomic E-state index is 12.8. The van der Waals surface area contributed by atoms with Crippen LogP contribution in [0.2, 0.25) is 0 Å². The summed E-state index contributed by atoms with van der Waals surface area (Å²) in [5.41, 5.74) is 1.70. The molecule has 17 heavy (non-hydrogen) atoms. The Morgan fingerprint density at radius 3 is 2.76 bits per heavy atom. The van der Waals surface area contributed by atoms with E-state index < -0.39 is 0 Å². The molecular weight excluding hydrogens is 219 g/mol. The van der Waals surface area contributed by atoms with Gasteiger partial charge in [0.15, 0.2) is 12.2 Å². The molecule has 1 aromatic carbocycles. The van der Waals surface area contributed by atoms with Gasteiger partial charge in [0, 0.05) is 12.1 Å². The van der Waals surface area contributed by atoms with E-state index in [0.29, 0.717) is 12.3 Å². The van der Waals surface area contributed by atoms with Gasteiger partial charge >= 0.3 is 0 Å². The molecule has 3 nitrogen and oxygen atoms in total. The molecule has 2 aromatic rings. The Labute approximate surface area is 99.7 Å². The Morgan fingerprint density at radius 2 is 2.06 bits per heavy atom. The third kappa shape index (κ3) is 2.91. The predicted molar refractivity (Wildman–Crippen MR) is 63.9 cm³/mol. The van der Waals surface area contributed by atoms with Crippen molar-refractivity contribution in [1.82, 2.24) is 10.3 Å². The molecule has 0 amide bonds. The average molecular weight is 234 g/mol. The van der Waals surface area contributed by atoms with Crippen molar-refractivity contribution >= 4 is 0 Å². The number of hydrogen-bond acceptors (Lipinski definition) is 3. The van der Waals surface area contributed by atoms with Crippen molar-refractivity contribution in [1.29, 1.82) is 0 Å². The first-order valence-corrected chi connectivity index (χ1v) is 5.70. The zero-order valence-corrected chi connectivity index (χ0v) is 9.74. The summed E-state index contributed by atoms with van der Waals surface area (Å²) in [6.45, 7) is 3.71. The van der Waals surface area contributed by atoms with E-state index in [1.165, 1.54) is 18.5 Å². The van der Waals surface area contributed by atoms with Crippen molar-refractivity contribution in [2.24, 2.45) is 0 Å². The minimum Gasteiger partial charge on any atom is -0.443 e. The monoisotopic (exact) mass is 234 g/mol. The lowest BCUT2D eigenvalue weighted by Gasteiger charge is -2.02. The van der Waals surface area contributed by atoms with Crippen LogP contribution in [0.3, 0.4) is 0 Å². The van der Waals surface area contributed by atoms with Crippen molar-refractivity contribution in [2.45, 2.75) is 19.9 Å². The first kappa shape index (κ1) is 11.8. The van der Waals surface area contributed by atoms with Gasteiger partial charge < -0.3 is 9.73 Å². The molecule has 0 radical (unpaired) electrons. The average Bonchev–Trinajstić information content (AvgIpc) is 2.79. The molecule has 2 rings (SSSR count). The van der Waals surface area contributed by atoms with Gasteiger partial charge in [0.05, 0.1) is 0 Å². The minimum atomic E-state index is -0.251. The zero-order valence-electron chi connectivity index (χ0n) is 9.74. The standard InChI is InChI=1S/C13H15FN2O/c1-2-7-15-8-12-13(17-9-16-12)10-3-5-11(14)6-4-10/h3-6,9,15H,2,7-8H2,1H3. The number of benzene rings is 1. The number of hydrogen-bond donors (Lipinski definition) is 1. The van der Waals surface area contributed by atoms with E-state index in [1.807, 2.05) is 0 Å². The van der Waals surface area contributed by atoms with E-state index in [0.717, 1.165) is 24.2 Å². The first-order valence-electron chi connectivity index (χ1n) is 5.70. The second kappa shape index (κ2) is 5.59. The minimum absolute atomic E-state index is 0.251. The van der Waals surface area contributed by atoms with Gasteiger partial charge in [-0.05, 0) is 37.2 Å². The number of oxazole rings is 1. The summed E-state index contributed by atoms with van der Waals surface area (Å²) < 4.78 is 18.2. The second-order valence-electron chi connectivity index (χ2n) is 3.81. The van der Waals surface area contributed by atoms with Crippen molar-refractivity contribution in [3.05, 3.63) is 42.2 Å². The number of rotatable bonds is 5. The summed E-state index contributed by atoms with van der Waals surface area (Å²) in [6, 6.07) is 6.22. The van der Waals surface area contributed by atoms with Gasteiger partial charge in [-0.1, -0.05) is 6.92 Å². The van der Waals surface area contributed by atoms with Crippen molar-refractivity contribution in [3.8, 4) is 11.3 Å². The van der Waals surface area contributed by atoms with Gasteiger partial charge in [-0.25, -0.2) is 9.37 Å². The zero-order chi connectivity index (χ0) is 12.1. The number of nitrogens with one attached hydrogen (secondary N) is 1. The summed E-state index contributed by atoms with van der Waals surface area (Å²) in [5.74, 6) is 0.451. The fraction of sp³-hybridized carbons (Fsp3) is 0.308. The van der Waals surface area contributed by atoms with Gasteiger partial charge in [-0.15, -0.1) is 0 Å². The Hall–Kier alpha value is -1.68.